The SMILES string of the molecule is CCN(c1ccc(C(=O)CN2C(=O)N[C@@]3(CCc4ccccc43)C2=O)cc1)S(C)(=O)=O. The zero-order valence-electron chi connectivity index (χ0n) is 17.3. The molecule has 31 heavy (non-hydrogen) atoms. The summed E-state index contributed by atoms with van der Waals surface area (Å²) in [6.45, 7) is 1.60. The van der Waals surface area contributed by atoms with E-state index in [9.17, 15) is 22.8 Å². The Balaban J connectivity index is 1.53. The molecule has 0 aromatic heterocycles. The van der Waals surface area contributed by atoms with Gasteiger partial charge in [-0.1, -0.05) is 24.3 Å². The molecule has 162 valence electrons. The summed E-state index contributed by atoms with van der Waals surface area (Å²) in [6.07, 6.45) is 2.26. The highest BCUT2D eigenvalue weighted by atomic mass is 32.2. The van der Waals surface area contributed by atoms with Crippen LogP contribution in [0.5, 0.6) is 0 Å². The van der Waals surface area contributed by atoms with Gasteiger partial charge in [-0.05, 0) is 55.2 Å². The maximum atomic E-state index is 13.2. The number of hydrogen-bond donors (Lipinski definition) is 1. The quantitative estimate of drug-likeness (QED) is 0.546. The Morgan fingerprint density at radius 3 is 2.45 bits per heavy atom. The van der Waals surface area contributed by atoms with E-state index in [4.69, 9.17) is 0 Å². The average molecular weight is 442 g/mol. The molecule has 2 aliphatic rings. The molecule has 3 amide bonds. The number of carbonyl (C=O) groups is 3. The van der Waals surface area contributed by atoms with Crippen LogP contribution in [0.4, 0.5) is 10.5 Å². The van der Waals surface area contributed by atoms with Gasteiger partial charge in [0.05, 0.1) is 18.5 Å². The molecule has 1 atom stereocenters. The van der Waals surface area contributed by atoms with Crippen molar-refractivity contribution in [1.29, 1.82) is 0 Å². The van der Waals surface area contributed by atoms with Gasteiger partial charge >= 0.3 is 6.03 Å². The molecule has 0 saturated carbocycles. The van der Waals surface area contributed by atoms with Gasteiger partial charge in [-0.25, -0.2) is 13.2 Å². The molecule has 1 saturated heterocycles. The number of nitrogens with one attached hydrogen (secondary N) is 1. The Labute approximate surface area is 180 Å². The maximum Gasteiger partial charge on any atom is 0.325 e. The van der Waals surface area contributed by atoms with Crippen LogP contribution >= 0.6 is 0 Å². The topological polar surface area (TPSA) is 104 Å². The Kier molecular flexibility index (Phi) is 5.09. The number of sulfonamides is 1. The zero-order chi connectivity index (χ0) is 22.4. The number of fused-ring (bicyclic) bond motifs is 2. The number of rotatable bonds is 6. The summed E-state index contributed by atoms with van der Waals surface area (Å²) in [6, 6.07) is 13.0. The normalized spacial score (nSPS) is 20.1. The molecule has 9 heteroatoms. The Morgan fingerprint density at radius 2 is 1.81 bits per heavy atom. The van der Waals surface area contributed by atoms with E-state index < -0.39 is 33.3 Å². The minimum absolute atomic E-state index is 0.262. The van der Waals surface area contributed by atoms with Crippen molar-refractivity contribution in [2.45, 2.75) is 25.3 Å². The van der Waals surface area contributed by atoms with Crippen LogP contribution in [0.25, 0.3) is 0 Å². The molecule has 2 aromatic rings. The smallest absolute Gasteiger partial charge is 0.319 e. The predicted molar refractivity (Wildman–Crippen MR) is 115 cm³/mol. The van der Waals surface area contributed by atoms with Crippen molar-refractivity contribution < 1.29 is 22.8 Å². The first kappa shape index (κ1) is 21.0. The molecule has 1 fully saturated rings. The van der Waals surface area contributed by atoms with Crippen molar-refractivity contribution >= 4 is 33.4 Å². The van der Waals surface area contributed by atoms with Crippen LogP contribution in [0, 0.1) is 0 Å². The van der Waals surface area contributed by atoms with Crippen LogP contribution in [0.3, 0.4) is 0 Å². The highest BCUT2D eigenvalue weighted by Crippen LogP contribution is 2.41. The number of imide groups is 1. The van der Waals surface area contributed by atoms with Gasteiger partial charge in [0.1, 0.15) is 5.54 Å². The monoisotopic (exact) mass is 441 g/mol. The van der Waals surface area contributed by atoms with Crippen molar-refractivity contribution in [1.82, 2.24) is 10.2 Å². The van der Waals surface area contributed by atoms with E-state index in [1.807, 2.05) is 24.3 Å². The van der Waals surface area contributed by atoms with Crippen molar-refractivity contribution in [3.63, 3.8) is 0 Å². The van der Waals surface area contributed by atoms with Crippen LogP contribution in [0.15, 0.2) is 48.5 Å². The number of aryl methyl sites for hydroxylation is 1. The minimum atomic E-state index is -3.43. The Morgan fingerprint density at radius 1 is 1.13 bits per heavy atom. The molecule has 1 aliphatic heterocycles. The molecule has 1 N–H and O–H groups in total. The number of carbonyl (C=O) groups excluding carboxylic acids is 3. The van der Waals surface area contributed by atoms with E-state index >= 15 is 0 Å². The fraction of sp³-hybridized carbons (Fsp3) is 0.318. The first-order valence-corrected chi connectivity index (χ1v) is 11.9. The van der Waals surface area contributed by atoms with Gasteiger partial charge in [-0.15, -0.1) is 0 Å². The van der Waals surface area contributed by atoms with Crippen molar-refractivity contribution in [2.24, 2.45) is 0 Å². The van der Waals surface area contributed by atoms with Gasteiger partial charge in [-0.3, -0.25) is 18.8 Å². The number of Topliss-reactive ketones (excluding diaryl/α,β-unsaturated/α-hetero) is 1. The molecular weight excluding hydrogens is 418 g/mol. The second kappa shape index (κ2) is 7.49. The van der Waals surface area contributed by atoms with Crippen LogP contribution in [0.1, 0.15) is 34.8 Å². The number of anilines is 1. The molecule has 1 heterocycles. The second-order valence-electron chi connectivity index (χ2n) is 7.78. The fourth-order valence-corrected chi connectivity index (χ4v) is 5.36. The van der Waals surface area contributed by atoms with E-state index in [1.165, 1.54) is 16.4 Å². The summed E-state index contributed by atoms with van der Waals surface area (Å²) in [5, 5.41) is 2.80. The summed E-state index contributed by atoms with van der Waals surface area (Å²) in [4.78, 5) is 39.5. The summed E-state index contributed by atoms with van der Waals surface area (Å²) in [5.74, 6) is -0.817. The third-order valence-corrected chi connectivity index (χ3v) is 7.16. The van der Waals surface area contributed by atoms with Crippen LogP contribution in [0.2, 0.25) is 0 Å². The molecule has 2 aromatic carbocycles. The lowest BCUT2D eigenvalue weighted by Gasteiger charge is -2.22. The number of amides is 3. The van der Waals surface area contributed by atoms with Gasteiger partial charge < -0.3 is 5.32 Å². The predicted octanol–water partition coefficient (Wildman–Crippen LogP) is 2.05. The molecular formula is C22H23N3O5S. The molecule has 8 nitrogen and oxygen atoms in total. The maximum absolute atomic E-state index is 13.2. The summed E-state index contributed by atoms with van der Waals surface area (Å²) in [5.41, 5.74) is 1.44. The largest absolute Gasteiger partial charge is 0.325 e. The van der Waals surface area contributed by atoms with Crippen LogP contribution < -0.4 is 9.62 Å². The molecule has 0 bridgehead atoms. The highest BCUT2D eigenvalue weighted by Gasteiger charge is 2.55. The number of urea groups is 1. The zero-order valence-corrected chi connectivity index (χ0v) is 18.1. The first-order valence-electron chi connectivity index (χ1n) is 10.0. The van der Waals surface area contributed by atoms with E-state index in [0.717, 1.165) is 22.3 Å². The van der Waals surface area contributed by atoms with Crippen molar-refractivity contribution in [2.75, 3.05) is 23.7 Å². The molecule has 0 unspecified atom stereocenters. The molecule has 4 rings (SSSR count). The molecule has 1 spiro atoms. The van der Waals surface area contributed by atoms with E-state index in [-0.39, 0.29) is 13.1 Å². The number of ketones is 1. The first-order chi connectivity index (χ1) is 14.7. The Hall–Kier alpha value is -3.20. The van der Waals surface area contributed by atoms with Gasteiger partial charge in [0.2, 0.25) is 10.0 Å². The lowest BCUT2D eigenvalue weighted by molar-refractivity contribution is -0.131. The summed E-state index contributed by atoms with van der Waals surface area (Å²) < 4.78 is 25.0. The van der Waals surface area contributed by atoms with Gasteiger partial charge in [-0.2, -0.15) is 0 Å². The minimum Gasteiger partial charge on any atom is -0.319 e. The number of nitrogens with zero attached hydrogens (tertiary/aromatic N) is 2. The molecule has 0 radical (unpaired) electrons. The third-order valence-electron chi connectivity index (χ3n) is 5.89. The van der Waals surface area contributed by atoms with Gasteiger partial charge in [0, 0.05) is 12.1 Å². The lowest BCUT2D eigenvalue weighted by atomic mass is 9.92. The summed E-state index contributed by atoms with van der Waals surface area (Å²) >= 11 is 0. The number of benzene rings is 2. The van der Waals surface area contributed by atoms with Gasteiger partial charge in [0.15, 0.2) is 5.78 Å². The highest BCUT2D eigenvalue weighted by molar-refractivity contribution is 7.92. The Bertz CT molecular complexity index is 1180. The number of hydrogen-bond acceptors (Lipinski definition) is 5. The van der Waals surface area contributed by atoms with Crippen molar-refractivity contribution in [3.8, 4) is 0 Å². The van der Waals surface area contributed by atoms with E-state index in [1.54, 1.807) is 19.1 Å². The average Bonchev–Trinajstić information content (AvgIpc) is 3.21. The van der Waals surface area contributed by atoms with Crippen LogP contribution in [-0.2, 0) is 26.8 Å². The second-order valence-corrected chi connectivity index (χ2v) is 9.69. The van der Waals surface area contributed by atoms with Gasteiger partial charge in [0.25, 0.3) is 5.91 Å². The molecule has 1 aliphatic carbocycles. The van der Waals surface area contributed by atoms with E-state index in [0.29, 0.717) is 24.1 Å². The van der Waals surface area contributed by atoms with Crippen molar-refractivity contribution in [3.05, 3.63) is 65.2 Å². The standard InChI is InChI=1S/C22H23N3O5S/c1-3-25(31(2,29)30)17-10-8-16(9-11-17)19(26)14-24-20(27)22(23-21(24)28)13-12-15-6-4-5-7-18(15)22/h4-11H,3,12-14H2,1-2H3,(H,23,28)/t22-/m1/s1. The third kappa shape index (κ3) is 3.48. The lowest BCUT2D eigenvalue weighted by Crippen LogP contribution is -2.42. The summed E-state index contributed by atoms with van der Waals surface area (Å²) in [7, 11) is -3.43. The van der Waals surface area contributed by atoms with E-state index in [2.05, 4.69) is 5.32 Å². The van der Waals surface area contributed by atoms with Crippen LogP contribution in [-0.4, -0.2) is 50.4 Å². The fourth-order valence-electron chi connectivity index (χ4n) is 4.39.